The molecule has 0 unspecified atom stereocenters. The Kier molecular flexibility index (Phi) is 3.78. The maximum atomic E-state index is 6.11. The summed E-state index contributed by atoms with van der Waals surface area (Å²) in [6.07, 6.45) is 0. The molecule has 18 heavy (non-hydrogen) atoms. The second-order valence-corrected chi connectivity index (χ2v) is 4.78. The van der Waals surface area contributed by atoms with Crippen LogP contribution in [0.1, 0.15) is 16.7 Å². The van der Waals surface area contributed by atoms with Crippen molar-refractivity contribution in [3.8, 4) is 5.75 Å². The lowest BCUT2D eigenvalue weighted by Crippen LogP contribution is -1.97. The van der Waals surface area contributed by atoms with Gasteiger partial charge in [-0.2, -0.15) is 0 Å². The van der Waals surface area contributed by atoms with Gasteiger partial charge in [0.05, 0.1) is 0 Å². The summed E-state index contributed by atoms with van der Waals surface area (Å²) in [6, 6.07) is 11.6. The monoisotopic (exact) mass is 261 g/mol. The summed E-state index contributed by atoms with van der Waals surface area (Å²) in [5.74, 6) is 0.839. The van der Waals surface area contributed by atoms with E-state index in [1.165, 1.54) is 0 Å². The molecule has 0 saturated heterocycles. The maximum absolute atomic E-state index is 6.11. The molecule has 0 spiro atoms. The first-order valence-electron chi connectivity index (χ1n) is 5.80. The van der Waals surface area contributed by atoms with Crippen LogP contribution in [0.4, 0.5) is 5.69 Å². The summed E-state index contributed by atoms with van der Waals surface area (Å²) in [5.41, 5.74) is 9.55. The zero-order valence-electron chi connectivity index (χ0n) is 10.5. The highest BCUT2D eigenvalue weighted by molar-refractivity contribution is 6.32. The van der Waals surface area contributed by atoms with Crippen molar-refractivity contribution in [1.82, 2.24) is 0 Å². The van der Waals surface area contributed by atoms with Crippen LogP contribution in [0.2, 0.25) is 5.02 Å². The molecule has 2 aromatic rings. The molecule has 2 nitrogen and oxygen atoms in total. The van der Waals surface area contributed by atoms with Crippen LogP contribution in [0.3, 0.4) is 0 Å². The molecule has 0 aromatic heterocycles. The minimum absolute atomic E-state index is 0.529. The SMILES string of the molecule is Cc1cc(OCc2ccc(N)cc2)cc(C)c1Cl. The van der Waals surface area contributed by atoms with Crippen LogP contribution in [-0.4, -0.2) is 0 Å². The molecule has 0 aliphatic carbocycles. The highest BCUT2D eigenvalue weighted by atomic mass is 35.5. The Morgan fingerprint density at radius 3 is 2.17 bits per heavy atom. The zero-order chi connectivity index (χ0) is 13.1. The number of rotatable bonds is 3. The molecule has 0 fully saturated rings. The number of ether oxygens (including phenoxy) is 1. The first kappa shape index (κ1) is 12.8. The number of nitrogen functional groups attached to an aromatic ring is 1. The van der Waals surface area contributed by atoms with E-state index in [4.69, 9.17) is 22.1 Å². The van der Waals surface area contributed by atoms with Crippen LogP contribution in [0.25, 0.3) is 0 Å². The molecule has 2 aromatic carbocycles. The van der Waals surface area contributed by atoms with Gasteiger partial charge < -0.3 is 10.5 Å². The summed E-state index contributed by atoms with van der Waals surface area (Å²) in [4.78, 5) is 0. The summed E-state index contributed by atoms with van der Waals surface area (Å²) in [5, 5.41) is 0.801. The number of hydrogen-bond donors (Lipinski definition) is 1. The molecule has 0 saturated carbocycles. The van der Waals surface area contributed by atoms with E-state index in [1.54, 1.807) is 0 Å². The molecular formula is C15H16ClNO. The molecule has 0 heterocycles. The number of anilines is 1. The average molecular weight is 262 g/mol. The standard InChI is InChI=1S/C15H16ClNO/c1-10-7-14(8-11(2)15(10)16)18-9-12-3-5-13(17)6-4-12/h3-8H,9,17H2,1-2H3. The molecule has 94 valence electrons. The van der Waals surface area contributed by atoms with Gasteiger partial charge in [-0.3, -0.25) is 0 Å². The topological polar surface area (TPSA) is 35.2 Å². The molecular weight excluding hydrogens is 246 g/mol. The third kappa shape index (κ3) is 2.96. The Morgan fingerprint density at radius 1 is 1.06 bits per heavy atom. The number of halogens is 1. The zero-order valence-corrected chi connectivity index (χ0v) is 11.3. The summed E-state index contributed by atoms with van der Waals surface area (Å²) in [6.45, 7) is 4.48. The van der Waals surface area contributed by atoms with E-state index < -0.39 is 0 Å². The van der Waals surface area contributed by atoms with Crippen LogP contribution in [0.5, 0.6) is 5.75 Å². The first-order chi connectivity index (χ1) is 8.56. The summed E-state index contributed by atoms with van der Waals surface area (Å²) >= 11 is 6.11. The smallest absolute Gasteiger partial charge is 0.120 e. The van der Waals surface area contributed by atoms with E-state index in [2.05, 4.69) is 0 Å². The van der Waals surface area contributed by atoms with Crippen LogP contribution < -0.4 is 10.5 Å². The highest BCUT2D eigenvalue weighted by Gasteiger charge is 2.03. The van der Waals surface area contributed by atoms with Crippen molar-refractivity contribution >= 4 is 17.3 Å². The second kappa shape index (κ2) is 5.32. The number of aryl methyl sites for hydroxylation is 2. The van der Waals surface area contributed by atoms with Crippen LogP contribution in [0.15, 0.2) is 36.4 Å². The van der Waals surface area contributed by atoms with Crippen molar-refractivity contribution in [2.24, 2.45) is 0 Å². The molecule has 2 rings (SSSR count). The van der Waals surface area contributed by atoms with Gasteiger partial charge in [0.2, 0.25) is 0 Å². The van der Waals surface area contributed by atoms with Crippen molar-refractivity contribution in [3.63, 3.8) is 0 Å². The third-order valence-electron chi connectivity index (χ3n) is 2.80. The van der Waals surface area contributed by atoms with E-state index in [0.29, 0.717) is 6.61 Å². The van der Waals surface area contributed by atoms with Gasteiger partial charge in [-0.25, -0.2) is 0 Å². The molecule has 0 bridgehead atoms. The van der Waals surface area contributed by atoms with E-state index in [0.717, 1.165) is 33.1 Å². The highest BCUT2D eigenvalue weighted by Crippen LogP contribution is 2.26. The fourth-order valence-electron chi connectivity index (χ4n) is 1.77. The first-order valence-corrected chi connectivity index (χ1v) is 6.18. The molecule has 0 aliphatic rings. The minimum atomic E-state index is 0.529. The summed E-state index contributed by atoms with van der Waals surface area (Å²) in [7, 11) is 0. The van der Waals surface area contributed by atoms with Crippen LogP contribution >= 0.6 is 11.6 Å². The van der Waals surface area contributed by atoms with Crippen molar-refractivity contribution in [2.75, 3.05) is 5.73 Å². The predicted octanol–water partition coefficient (Wildman–Crippen LogP) is 4.12. The number of hydrogen-bond acceptors (Lipinski definition) is 2. The molecule has 0 atom stereocenters. The number of benzene rings is 2. The van der Waals surface area contributed by atoms with Gasteiger partial charge in [-0.05, 0) is 54.8 Å². The Balaban J connectivity index is 2.08. The van der Waals surface area contributed by atoms with Gasteiger partial charge in [0.15, 0.2) is 0 Å². The largest absolute Gasteiger partial charge is 0.489 e. The van der Waals surface area contributed by atoms with Gasteiger partial charge in [-0.15, -0.1) is 0 Å². The fraction of sp³-hybridized carbons (Fsp3) is 0.200. The van der Waals surface area contributed by atoms with Gasteiger partial charge in [0.25, 0.3) is 0 Å². The minimum Gasteiger partial charge on any atom is -0.489 e. The molecule has 2 N–H and O–H groups in total. The lowest BCUT2D eigenvalue weighted by atomic mass is 10.1. The Labute approximate surface area is 112 Å². The van der Waals surface area contributed by atoms with E-state index in [9.17, 15) is 0 Å². The van der Waals surface area contributed by atoms with Crippen LogP contribution in [0, 0.1) is 13.8 Å². The van der Waals surface area contributed by atoms with E-state index in [1.807, 2.05) is 50.2 Å². The van der Waals surface area contributed by atoms with Gasteiger partial charge in [0, 0.05) is 10.7 Å². The molecule has 0 amide bonds. The maximum Gasteiger partial charge on any atom is 0.120 e. The van der Waals surface area contributed by atoms with Crippen molar-refractivity contribution in [2.45, 2.75) is 20.5 Å². The Hall–Kier alpha value is -1.67. The van der Waals surface area contributed by atoms with Crippen LogP contribution in [-0.2, 0) is 6.61 Å². The molecule has 0 radical (unpaired) electrons. The van der Waals surface area contributed by atoms with Gasteiger partial charge >= 0.3 is 0 Å². The van der Waals surface area contributed by atoms with Crippen molar-refractivity contribution in [3.05, 3.63) is 58.1 Å². The van der Waals surface area contributed by atoms with Gasteiger partial charge in [0.1, 0.15) is 12.4 Å². The Morgan fingerprint density at radius 2 is 1.61 bits per heavy atom. The van der Waals surface area contributed by atoms with Gasteiger partial charge in [-0.1, -0.05) is 23.7 Å². The third-order valence-corrected chi connectivity index (χ3v) is 3.39. The predicted molar refractivity (Wildman–Crippen MR) is 76.1 cm³/mol. The molecule has 3 heteroatoms. The lowest BCUT2D eigenvalue weighted by molar-refractivity contribution is 0.306. The lowest BCUT2D eigenvalue weighted by Gasteiger charge is -2.10. The number of nitrogens with two attached hydrogens (primary N) is 1. The fourth-order valence-corrected chi connectivity index (χ4v) is 1.88. The van der Waals surface area contributed by atoms with E-state index >= 15 is 0 Å². The van der Waals surface area contributed by atoms with E-state index in [-0.39, 0.29) is 0 Å². The second-order valence-electron chi connectivity index (χ2n) is 4.40. The average Bonchev–Trinajstić information content (AvgIpc) is 2.35. The van der Waals surface area contributed by atoms with Crippen molar-refractivity contribution < 1.29 is 4.74 Å². The Bertz CT molecular complexity index is 526. The quantitative estimate of drug-likeness (QED) is 0.844. The normalized spacial score (nSPS) is 10.4. The molecule has 0 aliphatic heterocycles. The summed E-state index contributed by atoms with van der Waals surface area (Å²) < 4.78 is 5.75. The van der Waals surface area contributed by atoms with Crippen molar-refractivity contribution in [1.29, 1.82) is 0 Å².